The van der Waals surface area contributed by atoms with Crippen LogP contribution in [0.15, 0.2) is 12.4 Å². The van der Waals surface area contributed by atoms with Gasteiger partial charge in [-0.3, -0.25) is 14.9 Å². The Morgan fingerprint density at radius 1 is 1.44 bits per heavy atom. The molecule has 0 bridgehead atoms. The summed E-state index contributed by atoms with van der Waals surface area (Å²) in [6.45, 7) is 5.29. The monoisotopic (exact) mass is 224 g/mol. The molecule has 3 N–H and O–H groups in total. The van der Waals surface area contributed by atoms with Gasteiger partial charge in [0.2, 0.25) is 17.8 Å². The molecule has 0 unspecified atom stereocenters. The highest BCUT2D eigenvalue weighted by molar-refractivity contribution is 5.93. The molecule has 6 heteroatoms. The Kier molecular flexibility index (Phi) is 3.65. The first-order valence-corrected chi connectivity index (χ1v) is 4.97. The van der Waals surface area contributed by atoms with Gasteiger partial charge < -0.3 is 10.3 Å². The topological polar surface area (TPSA) is 86.9 Å². The van der Waals surface area contributed by atoms with Crippen LogP contribution in [0.5, 0.6) is 0 Å². The number of hydrogen-bond acceptors (Lipinski definition) is 3. The van der Waals surface area contributed by atoms with Gasteiger partial charge in [-0.2, -0.15) is 0 Å². The third-order valence-corrected chi connectivity index (χ3v) is 1.85. The van der Waals surface area contributed by atoms with Crippen LogP contribution >= 0.6 is 0 Å². The number of rotatable bonds is 3. The van der Waals surface area contributed by atoms with E-state index in [0.29, 0.717) is 5.95 Å². The van der Waals surface area contributed by atoms with E-state index in [0.717, 1.165) is 0 Å². The molecule has 0 atom stereocenters. The van der Waals surface area contributed by atoms with E-state index in [1.807, 2.05) is 0 Å². The van der Waals surface area contributed by atoms with E-state index in [-0.39, 0.29) is 18.4 Å². The van der Waals surface area contributed by atoms with E-state index in [1.165, 1.54) is 6.20 Å². The van der Waals surface area contributed by atoms with Crippen LogP contribution in [0.4, 0.5) is 5.95 Å². The lowest BCUT2D eigenvalue weighted by molar-refractivity contribution is -0.130. The molecule has 88 valence electrons. The summed E-state index contributed by atoms with van der Waals surface area (Å²) in [4.78, 5) is 29.4. The van der Waals surface area contributed by atoms with Gasteiger partial charge in [-0.1, -0.05) is 20.8 Å². The summed E-state index contributed by atoms with van der Waals surface area (Å²) in [6, 6.07) is 0. The summed E-state index contributed by atoms with van der Waals surface area (Å²) in [5, 5.41) is 5.05. The Morgan fingerprint density at radius 2 is 2.12 bits per heavy atom. The largest absolute Gasteiger partial charge is 0.347 e. The molecule has 1 aromatic rings. The summed E-state index contributed by atoms with van der Waals surface area (Å²) in [6.07, 6.45) is 3.13. The van der Waals surface area contributed by atoms with Crippen molar-refractivity contribution in [2.75, 3.05) is 11.9 Å². The third kappa shape index (κ3) is 3.72. The van der Waals surface area contributed by atoms with Crippen LogP contribution in [0.3, 0.4) is 0 Å². The predicted molar refractivity (Wildman–Crippen MR) is 59.7 cm³/mol. The fraction of sp³-hybridized carbons (Fsp3) is 0.500. The quantitative estimate of drug-likeness (QED) is 0.699. The van der Waals surface area contributed by atoms with E-state index in [2.05, 4.69) is 20.6 Å². The second kappa shape index (κ2) is 4.78. The second-order valence-electron chi connectivity index (χ2n) is 4.42. The summed E-state index contributed by atoms with van der Waals surface area (Å²) in [7, 11) is 0. The molecule has 1 rings (SSSR count). The first-order chi connectivity index (χ1) is 7.39. The molecule has 0 saturated heterocycles. The van der Waals surface area contributed by atoms with Crippen molar-refractivity contribution in [3.8, 4) is 0 Å². The predicted octanol–water partition coefficient (Wildman–Crippen LogP) is 0.510. The van der Waals surface area contributed by atoms with Crippen molar-refractivity contribution in [2.24, 2.45) is 5.41 Å². The third-order valence-electron chi connectivity index (χ3n) is 1.85. The Morgan fingerprint density at radius 3 is 2.62 bits per heavy atom. The minimum atomic E-state index is -0.495. The van der Waals surface area contributed by atoms with Gasteiger partial charge in [-0.25, -0.2) is 4.98 Å². The number of aromatic amines is 1. The van der Waals surface area contributed by atoms with E-state index in [4.69, 9.17) is 0 Å². The zero-order valence-electron chi connectivity index (χ0n) is 9.63. The van der Waals surface area contributed by atoms with Crippen molar-refractivity contribution in [1.29, 1.82) is 0 Å². The SMILES string of the molecule is CC(C)(C)C(=O)NCC(=O)Nc1ncc[nH]1. The molecule has 0 spiro atoms. The number of H-pyrrole nitrogens is 1. The van der Waals surface area contributed by atoms with E-state index in [1.54, 1.807) is 27.0 Å². The lowest BCUT2D eigenvalue weighted by Gasteiger charge is -2.17. The highest BCUT2D eigenvalue weighted by Gasteiger charge is 2.21. The standard InChI is InChI=1S/C10H16N4O2/c1-10(2,3)8(16)13-6-7(15)14-9-11-4-5-12-9/h4-5H,6H2,1-3H3,(H,13,16)(H2,11,12,14,15). The summed E-state index contributed by atoms with van der Waals surface area (Å²) < 4.78 is 0. The van der Waals surface area contributed by atoms with Crippen molar-refractivity contribution < 1.29 is 9.59 Å². The van der Waals surface area contributed by atoms with Gasteiger partial charge in [0.1, 0.15) is 0 Å². The molecule has 0 fully saturated rings. The minimum absolute atomic E-state index is 0.0587. The van der Waals surface area contributed by atoms with Crippen molar-refractivity contribution >= 4 is 17.8 Å². The van der Waals surface area contributed by atoms with Crippen LogP contribution in [0.25, 0.3) is 0 Å². The molecule has 0 aliphatic rings. The van der Waals surface area contributed by atoms with Crippen molar-refractivity contribution in [3.05, 3.63) is 12.4 Å². The zero-order chi connectivity index (χ0) is 12.2. The summed E-state index contributed by atoms with van der Waals surface area (Å²) >= 11 is 0. The molecule has 0 aromatic carbocycles. The number of hydrogen-bond donors (Lipinski definition) is 3. The van der Waals surface area contributed by atoms with Gasteiger partial charge in [0.15, 0.2) is 0 Å². The maximum absolute atomic E-state index is 11.5. The zero-order valence-corrected chi connectivity index (χ0v) is 9.63. The minimum Gasteiger partial charge on any atom is -0.347 e. The number of aromatic nitrogens is 2. The van der Waals surface area contributed by atoms with Crippen LogP contribution in [0.2, 0.25) is 0 Å². The van der Waals surface area contributed by atoms with Gasteiger partial charge >= 0.3 is 0 Å². The Bertz CT molecular complexity index is 365. The molecule has 0 saturated carbocycles. The van der Waals surface area contributed by atoms with Crippen molar-refractivity contribution in [2.45, 2.75) is 20.8 Å². The highest BCUT2D eigenvalue weighted by Crippen LogP contribution is 2.11. The van der Waals surface area contributed by atoms with E-state index < -0.39 is 5.41 Å². The molecule has 2 amide bonds. The van der Waals surface area contributed by atoms with Crippen molar-refractivity contribution in [1.82, 2.24) is 15.3 Å². The van der Waals surface area contributed by atoms with E-state index in [9.17, 15) is 9.59 Å². The van der Waals surface area contributed by atoms with Gasteiger partial charge in [-0.05, 0) is 0 Å². The maximum Gasteiger partial charge on any atom is 0.246 e. The smallest absolute Gasteiger partial charge is 0.246 e. The molecule has 6 nitrogen and oxygen atoms in total. The molecular weight excluding hydrogens is 208 g/mol. The summed E-state index contributed by atoms with van der Waals surface area (Å²) in [5.41, 5.74) is -0.495. The molecule has 0 radical (unpaired) electrons. The number of nitrogens with zero attached hydrogens (tertiary/aromatic N) is 1. The van der Waals surface area contributed by atoms with Crippen molar-refractivity contribution in [3.63, 3.8) is 0 Å². The number of carbonyl (C=O) groups excluding carboxylic acids is 2. The number of carbonyl (C=O) groups is 2. The Labute approximate surface area is 93.8 Å². The molecular formula is C10H16N4O2. The van der Waals surface area contributed by atoms with Crippen LogP contribution in [-0.4, -0.2) is 28.3 Å². The van der Waals surface area contributed by atoms with Gasteiger partial charge in [0.05, 0.1) is 6.54 Å². The van der Waals surface area contributed by atoms with Crippen LogP contribution < -0.4 is 10.6 Å². The normalized spacial score (nSPS) is 10.9. The van der Waals surface area contributed by atoms with Crippen LogP contribution in [0.1, 0.15) is 20.8 Å². The highest BCUT2D eigenvalue weighted by atomic mass is 16.2. The maximum atomic E-state index is 11.5. The van der Waals surface area contributed by atoms with Crippen LogP contribution in [0, 0.1) is 5.41 Å². The number of nitrogens with one attached hydrogen (secondary N) is 3. The first kappa shape index (κ1) is 12.2. The second-order valence-corrected chi connectivity index (χ2v) is 4.42. The number of amides is 2. The molecule has 0 aliphatic heterocycles. The fourth-order valence-electron chi connectivity index (χ4n) is 0.936. The number of imidazole rings is 1. The average Bonchev–Trinajstić information content (AvgIpc) is 2.65. The average molecular weight is 224 g/mol. The van der Waals surface area contributed by atoms with Gasteiger partial charge in [-0.15, -0.1) is 0 Å². The Hall–Kier alpha value is -1.85. The molecule has 1 heterocycles. The lowest BCUT2D eigenvalue weighted by Crippen LogP contribution is -2.39. The Balaban J connectivity index is 2.34. The van der Waals surface area contributed by atoms with Gasteiger partial charge in [0, 0.05) is 17.8 Å². The molecule has 16 heavy (non-hydrogen) atoms. The van der Waals surface area contributed by atoms with Crippen LogP contribution in [-0.2, 0) is 9.59 Å². The first-order valence-electron chi connectivity index (χ1n) is 4.97. The molecule has 1 aromatic heterocycles. The van der Waals surface area contributed by atoms with Gasteiger partial charge in [0.25, 0.3) is 0 Å². The summed E-state index contributed by atoms with van der Waals surface area (Å²) in [5.74, 6) is -0.107. The molecule has 0 aliphatic carbocycles. The fourth-order valence-corrected chi connectivity index (χ4v) is 0.936. The number of anilines is 1. The van der Waals surface area contributed by atoms with E-state index >= 15 is 0 Å². The lowest BCUT2D eigenvalue weighted by atomic mass is 9.96.